The minimum atomic E-state index is -1.38. The summed E-state index contributed by atoms with van der Waals surface area (Å²) in [6, 6.07) is 12.1. The summed E-state index contributed by atoms with van der Waals surface area (Å²) in [6.07, 6.45) is 0.803. The van der Waals surface area contributed by atoms with Crippen LogP contribution in [0.4, 0.5) is 4.79 Å². The van der Waals surface area contributed by atoms with Crippen LogP contribution in [-0.4, -0.2) is 63.2 Å². The molecule has 3 fully saturated rings. The molecule has 7 nitrogen and oxygen atoms in total. The third kappa shape index (κ3) is 2.25. The molecule has 4 rings (SSSR count). The van der Waals surface area contributed by atoms with Crippen LogP contribution in [0.15, 0.2) is 30.3 Å². The van der Waals surface area contributed by atoms with Gasteiger partial charge < -0.3 is 19.8 Å². The number of nitrogens with zero attached hydrogens (tertiary/aromatic N) is 3. The molecule has 0 unspecified atom stereocenters. The van der Waals surface area contributed by atoms with Gasteiger partial charge in [0.05, 0.1) is 31.8 Å². The number of carbonyl (C=O) groups is 1. The number of rotatable bonds is 2. The van der Waals surface area contributed by atoms with Crippen molar-refractivity contribution in [3.05, 3.63) is 35.9 Å². The first-order valence-electron chi connectivity index (χ1n) is 8.57. The number of nitriles is 1. The lowest BCUT2D eigenvalue weighted by Gasteiger charge is -2.59. The molecule has 3 saturated heterocycles. The summed E-state index contributed by atoms with van der Waals surface area (Å²) < 4.78 is 5.95. The maximum atomic E-state index is 11.2. The van der Waals surface area contributed by atoms with E-state index in [9.17, 15) is 15.2 Å². The van der Waals surface area contributed by atoms with Crippen LogP contribution in [0, 0.1) is 11.3 Å². The Labute approximate surface area is 146 Å². The van der Waals surface area contributed by atoms with Crippen molar-refractivity contribution in [1.82, 2.24) is 9.80 Å². The first kappa shape index (κ1) is 16.3. The number of β-amino-alcohol motifs (C(OH)–C–C–N with tert-alkyl or cyclic N) is 1. The Kier molecular flexibility index (Phi) is 3.72. The Morgan fingerprint density at radius 1 is 1.32 bits per heavy atom. The molecule has 0 bridgehead atoms. The third-order valence-corrected chi connectivity index (χ3v) is 5.84. The summed E-state index contributed by atoms with van der Waals surface area (Å²) in [5, 5.41) is 30.4. The Morgan fingerprint density at radius 3 is 2.68 bits per heavy atom. The van der Waals surface area contributed by atoms with Gasteiger partial charge in [0, 0.05) is 0 Å². The first-order chi connectivity index (χ1) is 12.0. The number of amides is 1. The van der Waals surface area contributed by atoms with E-state index < -0.39 is 17.2 Å². The quantitative estimate of drug-likeness (QED) is 0.846. The third-order valence-electron chi connectivity index (χ3n) is 5.84. The molecule has 0 aromatic heterocycles. The smallest absolute Gasteiger partial charge is 0.407 e. The Morgan fingerprint density at radius 2 is 2.04 bits per heavy atom. The van der Waals surface area contributed by atoms with Crippen molar-refractivity contribution in [2.24, 2.45) is 0 Å². The van der Waals surface area contributed by atoms with Crippen LogP contribution in [0.1, 0.15) is 30.9 Å². The van der Waals surface area contributed by atoms with Gasteiger partial charge in [0.25, 0.3) is 0 Å². The van der Waals surface area contributed by atoms with Gasteiger partial charge in [-0.2, -0.15) is 5.26 Å². The van der Waals surface area contributed by atoms with E-state index in [0.717, 1.165) is 23.3 Å². The molecule has 1 aromatic rings. The summed E-state index contributed by atoms with van der Waals surface area (Å²) in [7, 11) is 0. The molecular formula is C18H21N3O4. The first-order valence-corrected chi connectivity index (χ1v) is 8.57. The lowest BCUT2D eigenvalue weighted by Crippen LogP contribution is -2.79. The number of benzene rings is 1. The topological polar surface area (TPSA) is 97.0 Å². The zero-order valence-corrected chi connectivity index (χ0v) is 13.8. The monoisotopic (exact) mass is 343 g/mol. The van der Waals surface area contributed by atoms with Gasteiger partial charge in [0.2, 0.25) is 0 Å². The number of hydrogen-bond acceptors (Lipinski definition) is 5. The van der Waals surface area contributed by atoms with E-state index >= 15 is 0 Å². The fourth-order valence-corrected chi connectivity index (χ4v) is 4.56. The summed E-state index contributed by atoms with van der Waals surface area (Å²) in [6.45, 7) is 0.387. The van der Waals surface area contributed by atoms with Crippen LogP contribution in [0.25, 0.3) is 0 Å². The minimum Gasteiger partial charge on any atom is -0.465 e. The molecule has 0 aliphatic carbocycles. The molecule has 132 valence electrons. The number of piperidine rings is 1. The number of carboxylic acid groups (broad SMARTS) is 1. The van der Waals surface area contributed by atoms with Crippen molar-refractivity contribution in [3.8, 4) is 6.07 Å². The molecule has 1 amide bonds. The maximum Gasteiger partial charge on any atom is 0.407 e. The molecular weight excluding hydrogens is 322 g/mol. The van der Waals surface area contributed by atoms with E-state index in [1.165, 1.54) is 0 Å². The van der Waals surface area contributed by atoms with E-state index in [0.29, 0.717) is 13.0 Å². The van der Waals surface area contributed by atoms with Crippen molar-refractivity contribution in [2.45, 2.75) is 42.7 Å². The van der Waals surface area contributed by atoms with Gasteiger partial charge in [-0.3, -0.25) is 0 Å². The minimum absolute atomic E-state index is 0.0410. The summed E-state index contributed by atoms with van der Waals surface area (Å²) in [5.74, 6) is 0. The molecule has 1 aromatic carbocycles. The Bertz CT molecular complexity index is 713. The molecule has 3 aliphatic rings. The summed E-state index contributed by atoms with van der Waals surface area (Å²) in [4.78, 5) is 14.3. The van der Waals surface area contributed by atoms with Gasteiger partial charge >= 0.3 is 6.09 Å². The Hall–Kier alpha value is -2.14. The van der Waals surface area contributed by atoms with Crippen molar-refractivity contribution < 1.29 is 19.7 Å². The normalized spacial score (nSPS) is 34.0. The van der Waals surface area contributed by atoms with Crippen molar-refractivity contribution in [3.63, 3.8) is 0 Å². The average Bonchev–Trinajstić information content (AvgIpc) is 3.04. The van der Waals surface area contributed by atoms with Gasteiger partial charge in [-0.05, 0) is 24.8 Å². The molecule has 0 radical (unpaired) electrons. The number of hydrogen-bond donors (Lipinski definition) is 2. The van der Waals surface area contributed by atoms with Gasteiger partial charge in [-0.1, -0.05) is 30.3 Å². The molecule has 2 N–H and O–H groups in total. The van der Waals surface area contributed by atoms with E-state index in [2.05, 4.69) is 6.07 Å². The highest BCUT2D eigenvalue weighted by atomic mass is 16.5. The second-order valence-electron chi connectivity index (χ2n) is 7.16. The van der Waals surface area contributed by atoms with Crippen molar-refractivity contribution >= 4 is 6.09 Å². The summed E-state index contributed by atoms with van der Waals surface area (Å²) in [5.41, 5.74) is -1.47. The largest absolute Gasteiger partial charge is 0.465 e. The second kappa shape index (κ2) is 5.70. The Balaban J connectivity index is 1.71. The molecule has 7 heteroatoms. The van der Waals surface area contributed by atoms with Crippen LogP contribution in [0.3, 0.4) is 0 Å². The van der Waals surface area contributed by atoms with Crippen LogP contribution in [0.5, 0.6) is 0 Å². The van der Waals surface area contributed by atoms with Gasteiger partial charge in [0.1, 0.15) is 17.4 Å². The molecule has 0 spiro atoms. The SMILES string of the molecule is N#C[C@@]1(C2(O)CN(C(=O)O)C2)CCC[C@@H]2OC[C@H](c3ccccc3)N21. The van der Waals surface area contributed by atoms with Crippen LogP contribution in [-0.2, 0) is 4.74 Å². The van der Waals surface area contributed by atoms with Crippen LogP contribution < -0.4 is 0 Å². The van der Waals surface area contributed by atoms with Crippen LogP contribution >= 0.6 is 0 Å². The highest BCUT2D eigenvalue weighted by Gasteiger charge is 2.66. The highest BCUT2D eigenvalue weighted by molar-refractivity contribution is 5.67. The number of fused-ring (bicyclic) bond motifs is 1. The van der Waals surface area contributed by atoms with Gasteiger partial charge in [-0.25, -0.2) is 9.69 Å². The zero-order chi connectivity index (χ0) is 17.7. The second-order valence-corrected chi connectivity index (χ2v) is 7.16. The van der Waals surface area contributed by atoms with E-state index in [-0.39, 0.29) is 25.4 Å². The number of likely N-dealkylation sites (tertiary alicyclic amines) is 1. The van der Waals surface area contributed by atoms with Crippen LogP contribution in [0.2, 0.25) is 0 Å². The standard InChI is InChI=1S/C18H21N3O4/c19-10-17(18(24)11-20(12-18)16(22)23)8-4-7-15-21(17)14(9-25-15)13-5-2-1-3-6-13/h1-3,5-6,14-15,24H,4,7-9,11-12H2,(H,22,23)/t14-,15+,17-/m1/s1. The molecule has 3 aliphatic heterocycles. The van der Waals surface area contributed by atoms with E-state index in [4.69, 9.17) is 9.84 Å². The zero-order valence-electron chi connectivity index (χ0n) is 13.8. The number of ether oxygens (including phenoxy) is 1. The van der Waals surface area contributed by atoms with Crippen molar-refractivity contribution in [1.29, 1.82) is 5.26 Å². The van der Waals surface area contributed by atoms with Gasteiger partial charge in [0.15, 0.2) is 0 Å². The average molecular weight is 343 g/mol. The summed E-state index contributed by atoms with van der Waals surface area (Å²) >= 11 is 0. The van der Waals surface area contributed by atoms with Crippen molar-refractivity contribution in [2.75, 3.05) is 19.7 Å². The van der Waals surface area contributed by atoms with E-state index in [1.807, 2.05) is 35.2 Å². The maximum absolute atomic E-state index is 11.2. The predicted molar refractivity (Wildman–Crippen MR) is 87.5 cm³/mol. The number of aliphatic hydroxyl groups is 1. The molecule has 3 heterocycles. The highest BCUT2D eigenvalue weighted by Crippen LogP contribution is 2.50. The molecule has 25 heavy (non-hydrogen) atoms. The fourth-order valence-electron chi connectivity index (χ4n) is 4.56. The lowest BCUT2D eigenvalue weighted by atomic mass is 9.68. The molecule has 3 atom stereocenters. The lowest BCUT2D eigenvalue weighted by molar-refractivity contribution is -0.196. The van der Waals surface area contributed by atoms with Gasteiger partial charge in [-0.15, -0.1) is 0 Å². The van der Waals surface area contributed by atoms with E-state index in [1.54, 1.807) is 0 Å². The molecule has 0 saturated carbocycles. The fraction of sp³-hybridized carbons (Fsp3) is 0.556. The predicted octanol–water partition coefficient (Wildman–Crippen LogP) is 1.56.